The average molecular weight is 433 g/mol. The number of carbonyl (C=O) groups excluding carboxylic acids is 1. The highest BCUT2D eigenvalue weighted by molar-refractivity contribution is 5.82. The van der Waals surface area contributed by atoms with E-state index in [1.165, 1.54) is 58.2 Å². The maximum absolute atomic E-state index is 12.9. The largest absolute Gasteiger partial charge is 0.355 e. The van der Waals surface area contributed by atoms with Gasteiger partial charge in [-0.2, -0.15) is 0 Å². The predicted octanol–water partition coefficient (Wildman–Crippen LogP) is 3.95. The minimum Gasteiger partial charge on any atom is -0.355 e. The lowest BCUT2D eigenvalue weighted by Crippen LogP contribution is -2.51. The molecule has 1 amide bonds. The molecule has 1 aliphatic carbocycles. The van der Waals surface area contributed by atoms with Gasteiger partial charge in [0, 0.05) is 25.2 Å². The molecule has 0 radical (unpaired) electrons. The SMILES string of the molecule is CCCN1CCC(N2C[C@@H](NCCC3=C(C)CCCC3(C)C)C[C@H]2C(=O)NCC)CC1. The third-order valence-corrected chi connectivity index (χ3v) is 8.05. The summed E-state index contributed by atoms with van der Waals surface area (Å²) in [7, 11) is 0. The molecule has 0 aromatic rings. The zero-order valence-electron chi connectivity index (χ0n) is 20.9. The Morgan fingerprint density at radius 2 is 1.94 bits per heavy atom. The first-order valence-corrected chi connectivity index (χ1v) is 13.0. The van der Waals surface area contributed by atoms with Crippen molar-refractivity contribution in [2.45, 2.75) is 104 Å². The van der Waals surface area contributed by atoms with Crippen LogP contribution in [0.4, 0.5) is 0 Å². The zero-order valence-corrected chi connectivity index (χ0v) is 20.9. The summed E-state index contributed by atoms with van der Waals surface area (Å²) in [5, 5.41) is 6.95. The van der Waals surface area contributed by atoms with Crippen LogP contribution < -0.4 is 10.6 Å². The Hall–Kier alpha value is -0.910. The fraction of sp³-hybridized carbons (Fsp3) is 0.885. The van der Waals surface area contributed by atoms with Crippen LogP contribution in [0.25, 0.3) is 0 Å². The fourth-order valence-corrected chi connectivity index (χ4v) is 6.38. The van der Waals surface area contributed by atoms with E-state index in [0.29, 0.717) is 17.5 Å². The Kier molecular flexibility index (Phi) is 9.01. The van der Waals surface area contributed by atoms with Gasteiger partial charge in [-0.15, -0.1) is 0 Å². The van der Waals surface area contributed by atoms with Crippen molar-refractivity contribution >= 4 is 5.91 Å². The molecule has 3 aliphatic rings. The Morgan fingerprint density at radius 3 is 2.58 bits per heavy atom. The van der Waals surface area contributed by atoms with Crippen LogP contribution in [0, 0.1) is 5.41 Å². The van der Waals surface area contributed by atoms with E-state index in [1.54, 1.807) is 11.1 Å². The van der Waals surface area contributed by atoms with Crippen LogP contribution in [0.15, 0.2) is 11.1 Å². The summed E-state index contributed by atoms with van der Waals surface area (Å²) < 4.78 is 0. The Bertz CT molecular complexity index is 621. The second kappa shape index (κ2) is 11.3. The molecular formula is C26H48N4O. The molecule has 5 heteroatoms. The van der Waals surface area contributed by atoms with Crippen molar-refractivity contribution in [3.05, 3.63) is 11.1 Å². The highest BCUT2D eigenvalue weighted by Crippen LogP contribution is 2.41. The lowest BCUT2D eigenvalue weighted by atomic mass is 9.71. The van der Waals surface area contributed by atoms with Gasteiger partial charge < -0.3 is 15.5 Å². The van der Waals surface area contributed by atoms with Gasteiger partial charge in [0.25, 0.3) is 0 Å². The van der Waals surface area contributed by atoms with E-state index >= 15 is 0 Å². The van der Waals surface area contributed by atoms with Gasteiger partial charge in [-0.1, -0.05) is 31.9 Å². The van der Waals surface area contributed by atoms with Crippen molar-refractivity contribution in [2.75, 3.05) is 39.3 Å². The van der Waals surface area contributed by atoms with Crippen LogP contribution >= 0.6 is 0 Å². The molecule has 0 unspecified atom stereocenters. The predicted molar refractivity (Wildman–Crippen MR) is 130 cm³/mol. The number of likely N-dealkylation sites (N-methyl/N-ethyl adjacent to an activating group) is 1. The summed E-state index contributed by atoms with van der Waals surface area (Å²) in [6.07, 6.45) is 9.64. The molecule has 2 heterocycles. The second-order valence-corrected chi connectivity index (χ2v) is 10.8. The Morgan fingerprint density at radius 1 is 1.19 bits per heavy atom. The van der Waals surface area contributed by atoms with Gasteiger partial charge in [-0.3, -0.25) is 9.69 Å². The van der Waals surface area contributed by atoms with Crippen molar-refractivity contribution in [2.24, 2.45) is 5.41 Å². The molecule has 2 atom stereocenters. The second-order valence-electron chi connectivity index (χ2n) is 10.8. The van der Waals surface area contributed by atoms with Crippen molar-refractivity contribution < 1.29 is 4.79 Å². The third kappa shape index (κ3) is 6.33. The summed E-state index contributed by atoms with van der Waals surface area (Å²) >= 11 is 0. The lowest BCUT2D eigenvalue weighted by Gasteiger charge is -2.39. The molecule has 2 aliphatic heterocycles. The number of piperidine rings is 1. The molecule has 2 N–H and O–H groups in total. The normalized spacial score (nSPS) is 28.3. The Labute approximate surface area is 191 Å². The molecule has 2 fully saturated rings. The molecule has 5 nitrogen and oxygen atoms in total. The van der Waals surface area contributed by atoms with E-state index < -0.39 is 0 Å². The molecule has 178 valence electrons. The summed E-state index contributed by atoms with van der Waals surface area (Å²) in [6.45, 7) is 17.8. The van der Waals surface area contributed by atoms with Crippen LogP contribution in [-0.4, -0.2) is 73.1 Å². The maximum atomic E-state index is 12.9. The van der Waals surface area contributed by atoms with Crippen LogP contribution in [0.2, 0.25) is 0 Å². The molecule has 31 heavy (non-hydrogen) atoms. The summed E-state index contributed by atoms with van der Waals surface area (Å²) in [5.74, 6) is 0.231. The maximum Gasteiger partial charge on any atom is 0.237 e. The van der Waals surface area contributed by atoms with Crippen molar-refractivity contribution in [1.82, 2.24) is 20.4 Å². The monoisotopic (exact) mass is 432 g/mol. The van der Waals surface area contributed by atoms with Crippen molar-refractivity contribution in [3.8, 4) is 0 Å². The topological polar surface area (TPSA) is 47.6 Å². The van der Waals surface area contributed by atoms with Crippen LogP contribution in [0.3, 0.4) is 0 Å². The van der Waals surface area contributed by atoms with Crippen LogP contribution in [-0.2, 0) is 4.79 Å². The first-order chi connectivity index (χ1) is 14.9. The highest BCUT2D eigenvalue weighted by Gasteiger charge is 2.41. The first-order valence-electron chi connectivity index (χ1n) is 13.0. The standard InChI is InChI=1S/C26H48N4O/c1-6-15-29-16-11-22(12-17-29)30-19-21(18-24(30)25(31)27-7-2)28-14-10-23-20(3)9-8-13-26(23,4)5/h21-22,24,28H,6-19H2,1-5H3,(H,27,31)/t21-,24-/m0/s1. The van der Waals surface area contributed by atoms with E-state index in [0.717, 1.165) is 32.5 Å². The summed E-state index contributed by atoms with van der Waals surface area (Å²) in [4.78, 5) is 18.0. The average Bonchev–Trinajstić information content (AvgIpc) is 3.15. The molecule has 0 saturated carbocycles. The number of carbonyl (C=O) groups is 1. The number of hydrogen-bond acceptors (Lipinski definition) is 4. The third-order valence-electron chi connectivity index (χ3n) is 8.05. The van der Waals surface area contributed by atoms with E-state index in [1.807, 2.05) is 6.92 Å². The highest BCUT2D eigenvalue weighted by atomic mass is 16.2. The molecule has 0 bridgehead atoms. The lowest BCUT2D eigenvalue weighted by molar-refractivity contribution is -0.126. The van der Waals surface area contributed by atoms with Gasteiger partial charge in [0.1, 0.15) is 0 Å². The van der Waals surface area contributed by atoms with Crippen LogP contribution in [0.1, 0.15) is 86.0 Å². The molecule has 0 aromatic carbocycles. The van der Waals surface area contributed by atoms with Gasteiger partial charge in [-0.25, -0.2) is 0 Å². The molecule has 0 spiro atoms. The number of likely N-dealkylation sites (tertiary alicyclic amines) is 2. The van der Waals surface area contributed by atoms with Gasteiger partial charge in [-0.05, 0) is 96.8 Å². The Balaban J connectivity index is 1.56. The summed E-state index contributed by atoms with van der Waals surface area (Å²) in [6, 6.07) is 1.01. The van der Waals surface area contributed by atoms with E-state index in [4.69, 9.17) is 0 Å². The van der Waals surface area contributed by atoms with E-state index in [2.05, 4.69) is 48.1 Å². The number of amides is 1. The van der Waals surface area contributed by atoms with Crippen LogP contribution in [0.5, 0.6) is 0 Å². The fourth-order valence-electron chi connectivity index (χ4n) is 6.38. The van der Waals surface area contributed by atoms with Gasteiger partial charge in [0.15, 0.2) is 0 Å². The summed E-state index contributed by atoms with van der Waals surface area (Å²) in [5.41, 5.74) is 3.64. The molecule has 3 rings (SSSR count). The minimum atomic E-state index is 0.0345. The molecule has 2 saturated heterocycles. The van der Waals surface area contributed by atoms with Gasteiger partial charge in [0.2, 0.25) is 5.91 Å². The van der Waals surface area contributed by atoms with E-state index in [9.17, 15) is 4.79 Å². The molecule has 0 aromatic heterocycles. The number of nitrogens with one attached hydrogen (secondary N) is 2. The zero-order chi connectivity index (χ0) is 22.4. The quantitative estimate of drug-likeness (QED) is 0.542. The van der Waals surface area contributed by atoms with E-state index in [-0.39, 0.29) is 11.9 Å². The first kappa shape index (κ1) is 24.7. The number of nitrogens with zero attached hydrogens (tertiary/aromatic N) is 2. The van der Waals surface area contributed by atoms with Crippen molar-refractivity contribution in [3.63, 3.8) is 0 Å². The van der Waals surface area contributed by atoms with Crippen molar-refractivity contribution in [1.29, 1.82) is 0 Å². The number of hydrogen-bond donors (Lipinski definition) is 2. The number of rotatable bonds is 9. The molecular weight excluding hydrogens is 384 g/mol. The van der Waals surface area contributed by atoms with Gasteiger partial charge in [0.05, 0.1) is 6.04 Å². The minimum absolute atomic E-state index is 0.0345. The van der Waals surface area contributed by atoms with Gasteiger partial charge >= 0.3 is 0 Å². The smallest absolute Gasteiger partial charge is 0.237 e. The number of allylic oxidation sites excluding steroid dienone is 1.